The molecule has 2 aliphatic carbocycles. The second-order valence-electron chi connectivity index (χ2n) is 5.26. The molecule has 2 rings (SSSR count). The second-order valence-corrected chi connectivity index (χ2v) is 5.26. The smallest absolute Gasteiger partial charge is 0.00672 e. The number of hydrogen-bond donors (Lipinski definition) is 1. The second kappa shape index (κ2) is 3.61. The van der Waals surface area contributed by atoms with Crippen LogP contribution in [0.2, 0.25) is 0 Å². The third-order valence-electron chi connectivity index (χ3n) is 3.87. The highest BCUT2D eigenvalue weighted by molar-refractivity contribution is 4.96. The first-order valence-electron chi connectivity index (χ1n) is 5.99. The van der Waals surface area contributed by atoms with Gasteiger partial charge in [-0.3, -0.25) is 0 Å². The van der Waals surface area contributed by atoms with E-state index in [1.807, 2.05) is 0 Å². The van der Waals surface area contributed by atoms with Crippen molar-refractivity contribution in [1.29, 1.82) is 0 Å². The summed E-state index contributed by atoms with van der Waals surface area (Å²) in [6.07, 6.45) is 8.69. The van der Waals surface area contributed by atoms with Gasteiger partial charge in [0.1, 0.15) is 0 Å². The molecule has 13 heavy (non-hydrogen) atoms. The van der Waals surface area contributed by atoms with Crippen molar-refractivity contribution in [3.8, 4) is 0 Å². The summed E-state index contributed by atoms with van der Waals surface area (Å²) in [7, 11) is 0. The van der Waals surface area contributed by atoms with Gasteiger partial charge in [0.25, 0.3) is 0 Å². The maximum absolute atomic E-state index is 3.73. The molecule has 0 aromatic carbocycles. The van der Waals surface area contributed by atoms with Crippen LogP contribution in [-0.2, 0) is 0 Å². The lowest BCUT2D eigenvalue weighted by Gasteiger charge is -2.19. The van der Waals surface area contributed by atoms with Crippen LogP contribution in [-0.4, -0.2) is 12.6 Å². The van der Waals surface area contributed by atoms with Gasteiger partial charge in [-0.25, -0.2) is 0 Å². The van der Waals surface area contributed by atoms with Crippen molar-refractivity contribution in [2.45, 2.75) is 58.4 Å². The lowest BCUT2D eigenvalue weighted by molar-refractivity contribution is 0.379. The Hall–Kier alpha value is -0.0400. The minimum Gasteiger partial charge on any atom is -0.313 e. The van der Waals surface area contributed by atoms with Crippen LogP contribution in [0.3, 0.4) is 0 Å². The summed E-state index contributed by atoms with van der Waals surface area (Å²) in [4.78, 5) is 0. The van der Waals surface area contributed by atoms with E-state index in [4.69, 9.17) is 0 Å². The van der Waals surface area contributed by atoms with E-state index in [0.717, 1.165) is 17.4 Å². The van der Waals surface area contributed by atoms with Crippen LogP contribution in [0.25, 0.3) is 0 Å². The van der Waals surface area contributed by atoms with Gasteiger partial charge >= 0.3 is 0 Å². The monoisotopic (exact) mass is 181 g/mol. The fraction of sp³-hybridized carbons (Fsp3) is 1.00. The highest BCUT2D eigenvalue weighted by Gasteiger charge is 2.41. The Labute approximate surface area is 82.3 Å². The Bertz CT molecular complexity index is 168. The summed E-state index contributed by atoms with van der Waals surface area (Å²) in [5.74, 6) is 1.01. The molecular weight excluding hydrogens is 158 g/mol. The van der Waals surface area contributed by atoms with Gasteiger partial charge in [-0.15, -0.1) is 0 Å². The zero-order valence-corrected chi connectivity index (χ0v) is 9.10. The van der Waals surface area contributed by atoms with Crippen LogP contribution < -0.4 is 5.32 Å². The minimum absolute atomic E-state index is 0.734. The summed E-state index contributed by atoms with van der Waals surface area (Å²) < 4.78 is 0. The summed E-state index contributed by atoms with van der Waals surface area (Å²) in [5, 5.41) is 3.73. The summed E-state index contributed by atoms with van der Waals surface area (Å²) in [6.45, 7) is 5.96. The van der Waals surface area contributed by atoms with Gasteiger partial charge < -0.3 is 5.32 Å². The molecule has 1 heteroatoms. The zero-order valence-electron chi connectivity index (χ0n) is 9.10. The fourth-order valence-corrected chi connectivity index (χ4v) is 2.36. The van der Waals surface area contributed by atoms with Crippen LogP contribution in [0.4, 0.5) is 0 Å². The molecule has 0 amide bonds. The lowest BCUT2D eigenvalue weighted by atomic mass is 10.0. The molecular formula is C12H23N. The molecule has 0 spiro atoms. The van der Waals surface area contributed by atoms with Crippen LogP contribution in [0.15, 0.2) is 0 Å². The van der Waals surface area contributed by atoms with Gasteiger partial charge in [0.05, 0.1) is 0 Å². The van der Waals surface area contributed by atoms with E-state index < -0.39 is 0 Å². The molecule has 0 heterocycles. The Morgan fingerprint density at radius 2 is 2.08 bits per heavy atom. The zero-order chi connectivity index (χ0) is 9.31. The summed E-state index contributed by atoms with van der Waals surface area (Å²) in [6, 6.07) is 0.786. The molecule has 76 valence electrons. The van der Waals surface area contributed by atoms with Gasteiger partial charge in [0.15, 0.2) is 0 Å². The molecule has 1 nitrogen and oxygen atoms in total. The van der Waals surface area contributed by atoms with Crippen molar-refractivity contribution in [3.63, 3.8) is 0 Å². The fourth-order valence-electron chi connectivity index (χ4n) is 2.36. The Kier molecular flexibility index (Phi) is 2.64. The highest BCUT2D eigenvalue weighted by atomic mass is 14.9. The van der Waals surface area contributed by atoms with Crippen molar-refractivity contribution >= 4 is 0 Å². The number of hydrogen-bond acceptors (Lipinski definition) is 1. The summed E-state index contributed by atoms with van der Waals surface area (Å²) in [5.41, 5.74) is 0.734. The quantitative estimate of drug-likeness (QED) is 0.664. The van der Waals surface area contributed by atoms with Crippen LogP contribution in [0, 0.1) is 11.3 Å². The van der Waals surface area contributed by atoms with Gasteiger partial charge in [-0.1, -0.05) is 13.3 Å². The molecule has 0 bridgehead atoms. The maximum atomic E-state index is 3.73. The van der Waals surface area contributed by atoms with Crippen molar-refractivity contribution in [1.82, 2.24) is 5.32 Å². The predicted octanol–water partition coefficient (Wildman–Crippen LogP) is 2.95. The Morgan fingerprint density at radius 3 is 2.54 bits per heavy atom. The molecule has 0 saturated heterocycles. The molecule has 1 unspecified atom stereocenters. The first-order chi connectivity index (χ1) is 6.26. The van der Waals surface area contributed by atoms with E-state index in [1.54, 1.807) is 0 Å². The van der Waals surface area contributed by atoms with Gasteiger partial charge in [0.2, 0.25) is 0 Å². The predicted molar refractivity (Wildman–Crippen MR) is 56.8 cm³/mol. The van der Waals surface area contributed by atoms with Gasteiger partial charge in [0, 0.05) is 12.6 Å². The SMILES string of the molecule is CCCC1(CNC(C)C2CC2)CC1. The average molecular weight is 181 g/mol. The Morgan fingerprint density at radius 1 is 1.38 bits per heavy atom. The largest absolute Gasteiger partial charge is 0.313 e. The molecule has 2 aliphatic rings. The topological polar surface area (TPSA) is 12.0 Å². The van der Waals surface area contributed by atoms with Crippen molar-refractivity contribution < 1.29 is 0 Å². The van der Waals surface area contributed by atoms with E-state index in [-0.39, 0.29) is 0 Å². The van der Waals surface area contributed by atoms with E-state index in [9.17, 15) is 0 Å². The average Bonchev–Trinajstić information content (AvgIpc) is 2.97. The van der Waals surface area contributed by atoms with Crippen molar-refractivity contribution in [3.05, 3.63) is 0 Å². The van der Waals surface area contributed by atoms with Gasteiger partial charge in [-0.2, -0.15) is 0 Å². The summed E-state index contributed by atoms with van der Waals surface area (Å²) >= 11 is 0. The van der Waals surface area contributed by atoms with Crippen LogP contribution >= 0.6 is 0 Å². The first kappa shape index (κ1) is 9.51. The van der Waals surface area contributed by atoms with E-state index in [0.29, 0.717) is 0 Å². The first-order valence-corrected chi connectivity index (χ1v) is 5.99. The van der Waals surface area contributed by atoms with E-state index in [1.165, 1.54) is 45.1 Å². The standard InChI is InChI=1S/C12H23N/c1-3-6-12(7-8-12)9-13-10(2)11-4-5-11/h10-11,13H,3-9H2,1-2H3. The molecule has 1 atom stereocenters. The molecule has 0 aliphatic heterocycles. The molecule has 2 fully saturated rings. The van der Waals surface area contributed by atoms with Crippen molar-refractivity contribution in [2.24, 2.45) is 11.3 Å². The lowest BCUT2D eigenvalue weighted by Crippen LogP contribution is -2.33. The highest BCUT2D eigenvalue weighted by Crippen LogP contribution is 2.49. The maximum Gasteiger partial charge on any atom is 0.00672 e. The Balaban J connectivity index is 1.66. The number of rotatable bonds is 6. The molecule has 2 saturated carbocycles. The van der Waals surface area contributed by atoms with Crippen LogP contribution in [0.5, 0.6) is 0 Å². The van der Waals surface area contributed by atoms with Crippen LogP contribution in [0.1, 0.15) is 52.4 Å². The normalized spacial score (nSPS) is 27.2. The number of nitrogens with one attached hydrogen (secondary N) is 1. The van der Waals surface area contributed by atoms with Crippen molar-refractivity contribution in [2.75, 3.05) is 6.54 Å². The third kappa shape index (κ3) is 2.46. The van der Waals surface area contributed by atoms with E-state index in [2.05, 4.69) is 19.2 Å². The molecule has 0 aromatic heterocycles. The molecule has 0 radical (unpaired) electrons. The van der Waals surface area contributed by atoms with Gasteiger partial charge in [-0.05, 0) is 50.4 Å². The molecule has 1 N–H and O–H groups in total. The molecule has 0 aromatic rings. The van der Waals surface area contributed by atoms with E-state index >= 15 is 0 Å². The minimum atomic E-state index is 0.734. The third-order valence-corrected chi connectivity index (χ3v) is 3.87.